The zero-order valence-corrected chi connectivity index (χ0v) is 13.1. The molecule has 0 amide bonds. The van der Waals surface area contributed by atoms with Gasteiger partial charge in [0.1, 0.15) is 11.6 Å². The van der Waals surface area contributed by atoms with Crippen molar-refractivity contribution in [3.8, 4) is 5.69 Å². The molecule has 1 aromatic heterocycles. The largest absolute Gasteiger partial charge is 0.295 e. The number of fused-ring (bicyclic) bond motifs is 1. The summed E-state index contributed by atoms with van der Waals surface area (Å²) >= 11 is 17.9. The molecule has 21 heavy (non-hydrogen) atoms. The van der Waals surface area contributed by atoms with Crippen LogP contribution in [0.25, 0.3) is 16.7 Å². The lowest BCUT2D eigenvalue weighted by Gasteiger charge is -2.10. The number of alkyl halides is 1. The van der Waals surface area contributed by atoms with E-state index in [2.05, 4.69) is 4.98 Å². The minimum atomic E-state index is -0.486. The van der Waals surface area contributed by atoms with Crippen LogP contribution in [-0.2, 0) is 6.42 Å². The highest BCUT2D eigenvalue weighted by molar-refractivity contribution is 6.35. The molecule has 3 aromatic rings. The maximum absolute atomic E-state index is 13.8. The molecule has 0 fully saturated rings. The van der Waals surface area contributed by atoms with Gasteiger partial charge in [0, 0.05) is 12.3 Å². The molecule has 0 bridgehead atoms. The molecule has 108 valence electrons. The number of nitrogens with zero attached hydrogens (tertiary/aromatic N) is 2. The van der Waals surface area contributed by atoms with E-state index in [1.54, 1.807) is 12.1 Å². The number of halogens is 4. The maximum atomic E-state index is 13.8. The van der Waals surface area contributed by atoms with Gasteiger partial charge in [-0.05, 0) is 30.3 Å². The molecule has 0 unspecified atom stereocenters. The Labute approximate surface area is 136 Å². The monoisotopic (exact) mass is 342 g/mol. The molecule has 2 aromatic carbocycles. The molecule has 3 rings (SSSR count). The van der Waals surface area contributed by atoms with Crippen LogP contribution < -0.4 is 0 Å². The van der Waals surface area contributed by atoms with Crippen LogP contribution in [0.3, 0.4) is 0 Å². The van der Waals surface area contributed by atoms with E-state index in [9.17, 15) is 4.39 Å². The first-order valence-corrected chi connectivity index (χ1v) is 7.58. The molecule has 0 aliphatic heterocycles. The third kappa shape index (κ3) is 2.61. The Morgan fingerprint density at radius 1 is 1.10 bits per heavy atom. The summed E-state index contributed by atoms with van der Waals surface area (Å²) in [6, 6.07) is 10.1. The van der Waals surface area contributed by atoms with Crippen LogP contribution >= 0.6 is 34.8 Å². The third-order valence-corrected chi connectivity index (χ3v) is 3.98. The first kappa shape index (κ1) is 14.6. The highest BCUT2D eigenvalue weighted by Crippen LogP contribution is 2.29. The lowest BCUT2D eigenvalue weighted by Crippen LogP contribution is -2.03. The summed E-state index contributed by atoms with van der Waals surface area (Å²) in [5.74, 6) is 0.659. The molecule has 0 aliphatic carbocycles. The SMILES string of the molecule is Fc1cc(-n2c(CCCl)nc3cccc(Cl)c32)ccc1Cl. The number of para-hydroxylation sites is 1. The first-order valence-electron chi connectivity index (χ1n) is 6.29. The van der Waals surface area contributed by atoms with Gasteiger partial charge in [-0.3, -0.25) is 4.57 Å². The van der Waals surface area contributed by atoms with Crippen LogP contribution in [0.15, 0.2) is 36.4 Å². The van der Waals surface area contributed by atoms with Crippen LogP contribution in [0, 0.1) is 5.82 Å². The number of benzene rings is 2. The minimum Gasteiger partial charge on any atom is -0.295 e. The second kappa shape index (κ2) is 5.84. The average molecular weight is 344 g/mol. The summed E-state index contributed by atoms with van der Waals surface area (Å²) in [6.07, 6.45) is 0.552. The smallest absolute Gasteiger partial charge is 0.143 e. The molecule has 0 N–H and O–H groups in total. The normalized spacial score (nSPS) is 11.2. The van der Waals surface area contributed by atoms with Crippen molar-refractivity contribution in [2.45, 2.75) is 6.42 Å². The molecular formula is C15H10Cl3FN2. The number of aryl methyl sites for hydroxylation is 1. The van der Waals surface area contributed by atoms with Crippen molar-refractivity contribution in [2.24, 2.45) is 0 Å². The average Bonchev–Trinajstić information content (AvgIpc) is 2.82. The Bertz CT molecular complexity index is 814. The van der Waals surface area contributed by atoms with Gasteiger partial charge in [0.25, 0.3) is 0 Å². The van der Waals surface area contributed by atoms with E-state index < -0.39 is 5.82 Å². The number of rotatable bonds is 3. The third-order valence-electron chi connectivity index (χ3n) is 3.18. The van der Waals surface area contributed by atoms with E-state index in [1.807, 2.05) is 16.7 Å². The summed E-state index contributed by atoms with van der Waals surface area (Å²) in [4.78, 5) is 4.53. The van der Waals surface area contributed by atoms with Gasteiger partial charge in [0.2, 0.25) is 0 Å². The Hall–Kier alpha value is -1.29. The standard InChI is InChI=1S/C15H10Cl3FN2/c16-7-6-14-20-13-3-1-2-11(18)15(13)21(14)9-4-5-10(17)12(19)8-9/h1-5,8H,6-7H2. The quantitative estimate of drug-likeness (QED) is 0.594. The van der Waals surface area contributed by atoms with Crippen LogP contribution in [0.5, 0.6) is 0 Å². The summed E-state index contributed by atoms with van der Waals surface area (Å²) in [6.45, 7) is 0. The summed E-state index contributed by atoms with van der Waals surface area (Å²) < 4.78 is 15.6. The van der Waals surface area contributed by atoms with Crippen molar-refractivity contribution < 1.29 is 4.39 Å². The lowest BCUT2D eigenvalue weighted by molar-refractivity contribution is 0.627. The highest BCUT2D eigenvalue weighted by atomic mass is 35.5. The summed E-state index contributed by atoms with van der Waals surface area (Å²) in [7, 11) is 0. The van der Waals surface area contributed by atoms with Gasteiger partial charge in [-0.2, -0.15) is 0 Å². The predicted octanol–water partition coefficient (Wildman–Crippen LogP) is 5.25. The fourth-order valence-electron chi connectivity index (χ4n) is 2.29. The number of aromatic nitrogens is 2. The van der Waals surface area contributed by atoms with Crippen molar-refractivity contribution in [3.05, 3.63) is 58.1 Å². The molecule has 0 aliphatic rings. The van der Waals surface area contributed by atoms with Crippen molar-refractivity contribution in [1.82, 2.24) is 9.55 Å². The van der Waals surface area contributed by atoms with E-state index in [0.717, 1.165) is 16.9 Å². The zero-order chi connectivity index (χ0) is 15.0. The maximum Gasteiger partial charge on any atom is 0.143 e. The summed E-state index contributed by atoms with van der Waals surface area (Å²) in [5.41, 5.74) is 2.10. The number of hydrogen-bond acceptors (Lipinski definition) is 1. The first-order chi connectivity index (χ1) is 10.1. The molecule has 0 spiro atoms. The molecule has 0 saturated heterocycles. The van der Waals surface area contributed by atoms with Crippen LogP contribution in [0.1, 0.15) is 5.82 Å². The van der Waals surface area contributed by atoms with Gasteiger partial charge in [-0.25, -0.2) is 9.37 Å². The number of imidazole rings is 1. The Kier molecular flexibility index (Phi) is 4.07. The van der Waals surface area contributed by atoms with Gasteiger partial charge in [-0.1, -0.05) is 29.3 Å². The van der Waals surface area contributed by atoms with E-state index in [4.69, 9.17) is 34.8 Å². The fraction of sp³-hybridized carbons (Fsp3) is 0.133. The van der Waals surface area contributed by atoms with Crippen LogP contribution in [0.4, 0.5) is 4.39 Å². The minimum absolute atomic E-state index is 0.0770. The lowest BCUT2D eigenvalue weighted by atomic mass is 10.2. The second-order valence-corrected chi connectivity index (χ2v) is 5.70. The van der Waals surface area contributed by atoms with Gasteiger partial charge in [-0.15, -0.1) is 11.6 Å². The van der Waals surface area contributed by atoms with Crippen molar-refractivity contribution in [1.29, 1.82) is 0 Å². The molecular weight excluding hydrogens is 334 g/mol. The van der Waals surface area contributed by atoms with E-state index in [1.165, 1.54) is 12.1 Å². The van der Waals surface area contributed by atoms with E-state index in [-0.39, 0.29) is 5.02 Å². The van der Waals surface area contributed by atoms with E-state index in [0.29, 0.717) is 23.0 Å². The highest BCUT2D eigenvalue weighted by Gasteiger charge is 2.15. The Morgan fingerprint density at radius 3 is 2.62 bits per heavy atom. The Balaban J connectivity index is 2.32. The second-order valence-electron chi connectivity index (χ2n) is 4.51. The van der Waals surface area contributed by atoms with Crippen LogP contribution in [-0.4, -0.2) is 15.4 Å². The number of hydrogen-bond donors (Lipinski definition) is 0. The zero-order valence-electron chi connectivity index (χ0n) is 10.8. The van der Waals surface area contributed by atoms with Crippen LogP contribution in [0.2, 0.25) is 10.0 Å². The van der Waals surface area contributed by atoms with E-state index >= 15 is 0 Å². The predicted molar refractivity (Wildman–Crippen MR) is 85.5 cm³/mol. The van der Waals surface area contributed by atoms with Gasteiger partial charge in [0.05, 0.1) is 26.8 Å². The van der Waals surface area contributed by atoms with Gasteiger partial charge in [0.15, 0.2) is 0 Å². The molecule has 0 atom stereocenters. The molecule has 0 radical (unpaired) electrons. The topological polar surface area (TPSA) is 17.8 Å². The van der Waals surface area contributed by atoms with Gasteiger partial charge >= 0.3 is 0 Å². The molecule has 0 saturated carbocycles. The molecule has 6 heteroatoms. The van der Waals surface area contributed by atoms with Crippen molar-refractivity contribution in [3.63, 3.8) is 0 Å². The molecule has 1 heterocycles. The van der Waals surface area contributed by atoms with Crippen molar-refractivity contribution >= 4 is 45.8 Å². The fourth-order valence-corrected chi connectivity index (χ4v) is 2.83. The molecule has 2 nitrogen and oxygen atoms in total. The van der Waals surface area contributed by atoms with Crippen molar-refractivity contribution in [2.75, 3.05) is 5.88 Å². The summed E-state index contributed by atoms with van der Waals surface area (Å²) in [5, 5.41) is 0.629. The Morgan fingerprint density at radius 2 is 1.90 bits per heavy atom. The van der Waals surface area contributed by atoms with Gasteiger partial charge < -0.3 is 0 Å².